The van der Waals surface area contributed by atoms with Crippen LogP contribution in [0.25, 0.3) is 0 Å². The van der Waals surface area contributed by atoms with Crippen molar-refractivity contribution in [2.45, 2.75) is 277 Å². The second-order valence-corrected chi connectivity index (χ2v) is 16.8. The number of nitrogens with one attached hydrogen (secondary N) is 1. The van der Waals surface area contributed by atoms with Gasteiger partial charge in [-0.1, -0.05) is 218 Å². The molecule has 6 heteroatoms. The minimum Gasteiger partial charge on any atom is -0.462 e. The summed E-state index contributed by atoms with van der Waals surface area (Å²) in [5.74, 6) is -0.480. The number of allylic oxidation sites excluding steroid dienone is 4. The normalized spacial score (nSPS) is 13.4. The molecule has 3 N–H and O–H groups in total. The molecule has 0 saturated heterocycles. The highest BCUT2D eigenvalue weighted by molar-refractivity contribution is 5.77. The van der Waals surface area contributed by atoms with E-state index in [0.29, 0.717) is 19.3 Å². The van der Waals surface area contributed by atoms with Crippen molar-refractivity contribution in [3.63, 3.8) is 0 Å². The number of carbonyl (C=O) groups excluding carboxylic acids is 2. The third kappa shape index (κ3) is 39.2. The van der Waals surface area contributed by atoms with Crippen LogP contribution in [-0.4, -0.2) is 46.9 Å². The highest BCUT2D eigenvalue weighted by Crippen LogP contribution is 2.18. The van der Waals surface area contributed by atoms with E-state index < -0.39 is 18.2 Å². The molecule has 56 heavy (non-hydrogen) atoms. The Morgan fingerprint density at radius 2 is 0.964 bits per heavy atom. The molecule has 0 aromatic rings. The Bertz CT molecular complexity index is 889. The van der Waals surface area contributed by atoms with Crippen molar-refractivity contribution in [2.75, 3.05) is 6.61 Å². The molecule has 0 aliphatic rings. The standard InChI is InChI=1S/C50H95NO5/c1-4-7-10-13-16-19-22-24-25-26-28-30-33-36-39-42-48(53)47(45-52)51-49(54)44-46(41-38-35-32-29-27-23-20-17-14-11-8-5-2)56-50(55)43-40-37-34-31-21-18-15-12-9-6-3/h8,11,17,20,46-48,52-53H,4-7,9-10,12-16,18-19,21-45H2,1-3H3,(H,51,54)/b11-8+,20-17+. The molecule has 0 aromatic heterocycles. The lowest BCUT2D eigenvalue weighted by molar-refractivity contribution is -0.151. The third-order valence-electron chi connectivity index (χ3n) is 11.3. The van der Waals surface area contributed by atoms with Crippen molar-refractivity contribution < 1.29 is 24.5 Å². The minimum atomic E-state index is -0.786. The molecule has 0 bridgehead atoms. The van der Waals surface area contributed by atoms with Crippen LogP contribution in [-0.2, 0) is 14.3 Å². The predicted octanol–water partition coefficient (Wildman–Crippen LogP) is 14.3. The summed E-state index contributed by atoms with van der Waals surface area (Å²) in [7, 11) is 0. The van der Waals surface area contributed by atoms with Crippen molar-refractivity contribution in [1.29, 1.82) is 0 Å². The lowest BCUT2D eigenvalue weighted by Gasteiger charge is -2.24. The van der Waals surface area contributed by atoms with Gasteiger partial charge in [-0.05, 0) is 51.4 Å². The van der Waals surface area contributed by atoms with Gasteiger partial charge in [0.2, 0.25) is 5.91 Å². The Balaban J connectivity index is 4.51. The Morgan fingerprint density at radius 3 is 1.45 bits per heavy atom. The smallest absolute Gasteiger partial charge is 0.306 e. The van der Waals surface area contributed by atoms with Crippen LogP contribution in [0, 0.1) is 0 Å². The number of amides is 1. The quantitative estimate of drug-likeness (QED) is 0.0324. The Morgan fingerprint density at radius 1 is 0.536 bits per heavy atom. The van der Waals surface area contributed by atoms with Gasteiger partial charge in [0.05, 0.1) is 25.2 Å². The van der Waals surface area contributed by atoms with Crippen LogP contribution in [0.15, 0.2) is 24.3 Å². The molecule has 3 unspecified atom stereocenters. The van der Waals surface area contributed by atoms with Crippen molar-refractivity contribution in [1.82, 2.24) is 5.32 Å². The summed E-state index contributed by atoms with van der Waals surface area (Å²) in [5, 5.41) is 23.7. The van der Waals surface area contributed by atoms with Crippen LogP contribution in [0.1, 0.15) is 258 Å². The van der Waals surface area contributed by atoms with Crippen LogP contribution in [0.2, 0.25) is 0 Å². The second-order valence-electron chi connectivity index (χ2n) is 16.8. The van der Waals surface area contributed by atoms with Gasteiger partial charge < -0.3 is 20.3 Å². The van der Waals surface area contributed by atoms with Crippen LogP contribution in [0.4, 0.5) is 0 Å². The molecule has 0 spiro atoms. The number of rotatable bonds is 44. The van der Waals surface area contributed by atoms with E-state index in [1.807, 2.05) is 0 Å². The molecule has 0 heterocycles. The van der Waals surface area contributed by atoms with Gasteiger partial charge in [0.1, 0.15) is 6.10 Å². The molecule has 1 amide bonds. The van der Waals surface area contributed by atoms with Gasteiger partial charge >= 0.3 is 5.97 Å². The Hall–Kier alpha value is -1.66. The minimum absolute atomic E-state index is 0.0726. The first-order valence-electron chi connectivity index (χ1n) is 24.6. The number of ether oxygens (including phenoxy) is 1. The second kappa shape index (κ2) is 44.4. The molecule has 0 aliphatic carbocycles. The molecule has 0 aliphatic heterocycles. The fraction of sp³-hybridized carbons (Fsp3) is 0.880. The Kier molecular flexibility index (Phi) is 43.1. The molecule has 0 fully saturated rings. The molecular formula is C50H95NO5. The van der Waals surface area contributed by atoms with Gasteiger partial charge in [0, 0.05) is 6.42 Å². The highest BCUT2D eigenvalue weighted by Gasteiger charge is 2.24. The summed E-state index contributed by atoms with van der Waals surface area (Å²) in [5.41, 5.74) is 0. The van der Waals surface area contributed by atoms with E-state index in [1.54, 1.807) is 0 Å². The van der Waals surface area contributed by atoms with Gasteiger partial charge in [-0.15, -0.1) is 0 Å². The molecule has 0 aromatic carbocycles. The van der Waals surface area contributed by atoms with E-state index in [-0.39, 0.29) is 24.9 Å². The maximum absolute atomic E-state index is 13.1. The fourth-order valence-corrected chi connectivity index (χ4v) is 7.59. The van der Waals surface area contributed by atoms with Gasteiger partial charge in [0.25, 0.3) is 0 Å². The van der Waals surface area contributed by atoms with Gasteiger partial charge in [-0.2, -0.15) is 0 Å². The number of hydrogen-bond donors (Lipinski definition) is 3. The highest BCUT2D eigenvalue weighted by atomic mass is 16.5. The summed E-state index contributed by atoms with van der Waals surface area (Å²) in [6.07, 6.45) is 49.5. The first kappa shape index (κ1) is 54.3. The average Bonchev–Trinajstić information content (AvgIpc) is 3.19. The fourth-order valence-electron chi connectivity index (χ4n) is 7.59. The zero-order valence-electron chi connectivity index (χ0n) is 37.5. The van der Waals surface area contributed by atoms with Crippen molar-refractivity contribution in [3.8, 4) is 0 Å². The van der Waals surface area contributed by atoms with Gasteiger partial charge in [-0.25, -0.2) is 0 Å². The number of unbranched alkanes of at least 4 members (excludes halogenated alkanes) is 28. The number of esters is 1. The molecule has 3 atom stereocenters. The first-order valence-corrected chi connectivity index (χ1v) is 24.6. The van der Waals surface area contributed by atoms with Crippen LogP contribution in [0.5, 0.6) is 0 Å². The number of aliphatic hydroxyl groups excluding tert-OH is 2. The molecular weight excluding hydrogens is 695 g/mol. The zero-order valence-corrected chi connectivity index (χ0v) is 37.5. The van der Waals surface area contributed by atoms with Crippen molar-refractivity contribution >= 4 is 11.9 Å². The largest absolute Gasteiger partial charge is 0.462 e. The molecule has 0 saturated carbocycles. The van der Waals surface area contributed by atoms with Crippen LogP contribution >= 0.6 is 0 Å². The van der Waals surface area contributed by atoms with E-state index >= 15 is 0 Å². The maximum atomic E-state index is 13.1. The lowest BCUT2D eigenvalue weighted by Crippen LogP contribution is -2.46. The van der Waals surface area contributed by atoms with Gasteiger partial charge in [0.15, 0.2) is 0 Å². The van der Waals surface area contributed by atoms with E-state index in [2.05, 4.69) is 50.4 Å². The number of hydrogen-bond acceptors (Lipinski definition) is 5. The van der Waals surface area contributed by atoms with E-state index in [1.165, 1.54) is 141 Å². The van der Waals surface area contributed by atoms with E-state index in [4.69, 9.17) is 4.74 Å². The van der Waals surface area contributed by atoms with Gasteiger partial charge in [-0.3, -0.25) is 9.59 Å². The van der Waals surface area contributed by atoms with Crippen LogP contribution < -0.4 is 5.32 Å². The third-order valence-corrected chi connectivity index (χ3v) is 11.3. The first-order chi connectivity index (χ1) is 27.5. The molecule has 6 nitrogen and oxygen atoms in total. The SMILES string of the molecule is CC/C=C/C/C=C/CCCCCCCC(CC(=O)NC(CO)C(O)CCCCCCCCCCCCCCCCC)OC(=O)CCCCCCCCCCCC. The van der Waals surface area contributed by atoms with Crippen LogP contribution in [0.3, 0.4) is 0 Å². The lowest BCUT2D eigenvalue weighted by atomic mass is 10.0. The number of aliphatic hydroxyl groups is 2. The monoisotopic (exact) mass is 790 g/mol. The predicted molar refractivity (Wildman–Crippen MR) is 241 cm³/mol. The van der Waals surface area contributed by atoms with Crippen molar-refractivity contribution in [2.24, 2.45) is 0 Å². The zero-order chi connectivity index (χ0) is 41.0. The topological polar surface area (TPSA) is 95.9 Å². The molecule has 0 radical (unpaired) electrons. The summed E-state index contributed by atoms with van der Waals surface area (Å²) in [6.45, 7) is 6.37. The van der Waals surface area contributed by atoms with E-state index in [9.17, 15) is 19.8 Å². The summed E-state index contributed by atoms with van der Waals surface area (Å²) < 4.78 is 5.90. The van der Waals surface area contributed by atoms with E-state index in [0.717, 1.165) is 70.6 Å². The summed E-state index contributed by atoms with van der Waals surface area (Å²) >= 11 is 0. The maximum Gasteiger partial charge on any atom is 0.306 e. The number of carbonyl (C=O) groups is 2. The molecule has 330 valence electrons. The average molecular weight is 790 g/mol. The Labute approximate surface area is 348 Å². The molecule has 0 rings (SSSR count). The van der Waals surface area contributed by atoms with Crippen molar-refractivity contribution in [3.05, 3.63) is 24.3 Å². The summed E-state index contributed by atoms with van der Waals surface area (Å²) in [6, 6.07) is -0.700. The summed E-state index contributed by atoms with van der Waals surface area (Å²) in [4.78, 5) is 26.0.